The first-order valence-corrected chi connectivity index (χ1v) is 13.4. The number of carboxylic acids is 1. The van der Waals surface area contributed by atoms with Crippen LogP contribution in [0.25, 0.3) is 0 Å². The molecule has 8 heteroatoms. The summed E-state index contributed by atoms with van der Waals surface area (Å²) < 4.78 is 23.0. The van der Waals surface area contributed by atoms with Gasteiger partial charge in [0.05, 0.1) is 0 Å². The zero-order valence-corrected chi connectivity index (χ0v) is 21.3. The highest BCUT2D eigenvalue weighted by Crippen LogP contribution is 2.33. The minimum atomic E-state index is -0.881. The minimum absolute atomic E-state index is 0.191. The van der Waals surface area contributed by atoms with Crippen LogP contribution in [0.2, 0.25) is 0 Å². The largest absolute Gasteiger partial charge is 0.616 e. The Hall–Kier alpha value is -1.51. The molecule has 2 rings (SSSR count). The predicted octanol–water partition coefficient (Wildman–Crippen LogP) is 4.95. The molecule has 2 N–H and O–H groups in total. The van der Waals surface area contributed by atoms with Crippen molar-refractivity contribution < 1.29 is 23.9 Å². The molecule has 0 spiro atoms. The lowest BCUT2D eigenvalue weighted by molar-refractivity contribution is -0.138. The maximum atomic E-state index is 12.3. The van der Waals surface area contributed by atoms with Crippen LogP contribution in [-0.4, -0.2) is 45.2 Å². The van der Waals surface area contributed by atoms with Crippen molar-refractivity contribution in [2.75, 3.05) is 18.3 Å². The first kappa shape index (κ1) is 28.5. The quantitative estimate of drug-likeness (QED) is 0.196. The molecule has 1 aromatic rings. The smallest absolute Gasteiger partial charge is 0.326 e. The van der Waals surface area contributed by atoms with Gasteiger partial charge in [-0.05, 0) is 50.6 Å². The van der Waals surface area contributed by atoms with E-state index in [1.54, 1.807) is 12.3 Å². The van der Waals surface area contributed by atoms with Gasteiger partial charge in [0.15, 0.2) is 11.5 Å². The fourth-order valence-electron chi connectivity index (χ4n) is 3.13. The van der Waals surface area contributed by atoms with Gasteiger partial charge in [-0.2, -0.15) is 12.6 Å². The Morgan fingerprint density at radius 1 is 1.25 bits per heavy atom. The summed E-state index contributed by atoms with van der Waals surface area (Å²) in [6.07, 6.45) is 11.7. The van der Waals surface area contributed by atoms with E-state index in [0.717, 1.165) is 30.1 Å². The van der Waals surface area contributed by atoms with Crippen LogP contribution in [0.15, 0.2) is 30.5 Å². The van der Waals surface area contributed by atoms with E-state index in [-0.39, 0.29) is 5.25 Å². The van der Waals surface area contributed by atoms with Gasteiger partial charge in [-0.3, -0.25) is 0 Å². The highest BCUT2D eigenvalue weighted by atomic mass is 32.2. The standard InChI is InChI=1S/C18H28O3S.C6H11NO2S/c1-3-4-5-6-7-8-11-22(19)15(2)12-16-9-10-17-18(13-16)21-14-20-17;1-2-3-7-5(4-10)6(8)9/h9-10,13,15H,3-8,11-12,14H2,1-2H3;2-3,5,7,10H,4H2,1H3,(H,8,9)/b;3-2-. The molecule has 32 heavy (non-hydrogen) atoms. The van der Waals surface area contributed by atoms with Crippen LogP contribution < -0.4 is 14.8 Å². The number of hydrogen-bond donors (Lipinski definition) is 3. The van der Waals surface area contributed by atoms with E-state index in [1.165, 1.54) is 37.7 Å². The molecule has 1 aliphatic heterocycles. The number of aliphatic carboxylic acids is 1. The fraction of sp³-hybridized carbons (Fsp3) is 0.625. The molecule has 0 bridgehead atoms. The van der Waals surface area contributed by atoms with E-state index in [0.29, 0.717) is 12.5 Å². The molecule has 6 nitrogen and oxygen atoms in total. The van der Waals surface area contributed by atoms with Crippen molar-refractivity contribution in [2.45, 2.75) is 77.0 Å². The summed E-state index contributed by atoms with van der Waals surface area (Å²) >= 11 is 3.11. The van der Waals surface area contributed by atoms with Crippen molar-refractivity contribution >= 4 is 29.8 Å². The maximum Gasteiger partial charge on any atom is 0.326 e. The van der Waals surface area contributed by atoms with E-state index in [9.17, 15) is 9.35 Å². The molecule has 0 fully saturated rings. The van der Waals surface area contributed by atoms with E-state index in [2.05, 4.69) is 31.8 Å². The molecule has 0 radical (unpaired) electrons. The molecule has 1 aliphatic rings. The first-order valence-electron chi connectivity index (χ1n) is 11.4. The average Bonchev–Trinajstić information content (AvgIpc) is 3.24. The second kappa shape index (κ2) is 17.0. The van der Waals surface area contributed by atoms with Gasteiger partial charge >= 0.3 is 5.97 Å². The monoisotopic (exact) mass is 485 g/mol. The number of hydrogen-bond acceptors (Lipinski definition) is 6. The van der Waals surface area contributed by atoms with Crippen LogP contribution in [0, 0.1) is 0 Å². The summed E-state index contributed by atoms with van der Waals surface area (Å²) in [5, 5.41) is 11.3. The van der Waals surface area contributed by atoms with Crippen molar-refractivity contribution in [2.24, 2.45) is 0 Å². The number of carboxylic acid groups (broad SMARTS) is 1. The number of unbranched alkanes of at least 4 members (excludes halogenated alkanes) is 5. The molecule has 0 saturated carbocycles. The summed E-state index contributed by atoms with van der Waals surface area (Å²) in [5.74, 6) is 1.86. The topological polar surface area (TPSA) is 90.9 Å². The van der Waals surface area contributed by atoms with Crippen molar-refractivity contribution in [3.8, 4) is 11.5 Å². The molecular weight excluding hydrogens is 446 g/mol. The molecule has 3 unspecified atom stereocenters. The zero-order valence-electron chi connectivity index (χ0n) is 19.5. The third-order valence-corrected chi connectivity index (χ3v) is 7.17. The Balaban J connectivity index is 0.000000433. The summed E-state index contributed by atoms with van der Waals surface area (Å²) in [7, 11) is 0. The molecule has 182 valence electrons. The summed E-state index contributed by atoms with van der Waals surface area (Å²) in [5.41, 5.74) is 1.17. The first-order chi connectivity index (χ1) is 15.4. The average molecular weight is 486 g/mol. The van der Waals surface area contributed by atoms with E-state index in [4.69, 9.17) is 14.6 Å². The van der Waals surface area contributed by atoms with E-state index in [1.807, 2.05) is 25.1 Å². The van der Waals surface area contributed by atoms with Crippen molar-refractivity contribution in [3.05, 3.63) is 36.0 Å². The zero-order chi connectivity index (χ0) is 23.8. The number of thiol groups is 1. The third kappa shape index (κ3) is 11.4. The lowest BCUT2D eigenvalue weighted by Crippen LogP contribution is -2.34. The van der Waals surface area contributed by atoms with Crippen LogP contribution in [0.5, 0.6) is 11.5 Å². The SMILES string of the molecule is C/C=C\NC(CS)C(=O)O.CCCCCCCC[S+]([O-])C(C)Cc1ccc2c(c1)OCO2. The van der Waals surface area contributed by atoms with Crippen LogP contribution >= 0.6 is 12.6 Å². The molecule has 1 aromatic carbocycles. The van der Waals surface area contributed by atoms with E-state index >= 15 is 0 Å². The van der Waals surface area contributed by atoms with Crippen molar-refractivity contribution in [1.82, 2.24) is 5.32 Å². The molecule has 0 aliphatic carbocycles. The Bertz CT molecular complexity index is 686. The van der Waals surface area contributed by atoms with Crippen LogP contribution in [0.1, 0.15) is 64.9 Å². The molecular formula is C24H39NO5S2. The molecule has 0 aromatic heterocycles. The summed E-state index contributed by atoms with van der Waals surface area (Å²) in [6, 6.07) is 5.42. The number of rotatable bonds is 14. The van der Waals surface area contributed by atoms with Gasteiger partial charge < -0.3 is 24.4 Å². The molecule has 0 saturated heterocycles. The second-order valence-electron chi connectivity index (χ2n) is 7.80. The van der Waals surface area contributed by atoms with Crippen molar-refractivity contribution in [1.29, 1.82) is 0 Å². The van der Waals surface area contributed by atoms with Gasteiger partial charge in [0.2, 0.25) is 6.79 Å². The Morgan fingerprint density at radius 3 is 2.59 bits per heavy atom. The highest BCUT2D eigenvalue weighted by Gasteiger charge is 2.19. The second-order valence-corrected chi connectivity index (χ2v) is 10.1. The fourth-order valence-corrected chi connectivity index (χ4v) is 4.66. The van der Waals surface area contributed by atoms with Crippen LogP contribution in [-0.2, 0) is 22.4 Å². The van der Waals surface area contributed by atoms with Gasteiger partial charge in [0.25, 0.3) is 0 Å². The minimum Gasteiger partial charge on any atom is -0.616 e. The van der Waals surface area contributed by atoms with Crippen LogP contribution in [0.3, 0.4) is 0 Å². The van der Waals surface area contributed by atoms with Crippen LogP contribution in [0.4, 0.5) is 0 Å². The number of carbonyl (C=O) groups is 1. The number of nitrogens with one attached hydrogen (secondary N) is 1. The maximum absolute atomic E-state index is 12.3. The predicted molar refractivity (Wildman–Crippen MR) is 135 cm³/mol. The van der Waals surface area contributed by atoms with Gasteiger partial charge in [-0.25, -0.2) is 4.79 Å². The van der Waals surface area contributed by atoms with Gasteiger partial charge in [0.1, 0.15) is 17.0 Å². The van der Waals surface area contributed by atoms with Gasteiger partial charge in [-0.1, -0.05) is 55.9 Å². The molecule has 0 amide bonds. The van der Waals surface area contributed by atoms with E-state index < -0.39 is 23.2 Å². The van der Waals surface area contributed by atoms with Crippen molar-refractivity contribution in [3.63, 3.8) is 0 Å². The third-order valence-electron chi connectivity index (χ3n) is 5.05. The lowest BCUT2D eigenvalue weighted by atomic mass is 10.1. The normalized spacial score (nSPS) is 15.0. The Labute approximate surface area is 201 Å². The number of ether oxygens (including phenoxy) is 2. The van der Waals surface area contributed by atoms with Gasteiger partial charge in [0, 0.05) is 12.2 Å². The highest BCUT2D eigenvalue weighted by molar-refractivity contribution is 7.92. The molecule has 3 atom stereocenters. The number of benzene rings is 1. The lowest BCUT2D eigenvalue weighted by Gasteiger charge is -2.18. The van der Waals surface area contributed by atoms with Gasteiger partial charge in [-0.15, -0.1) is 0 Å². The molecule has 1 heterocycles. The Morgan fingerprint density at radius 2 is 1.94 bits per heavy atom. The summed E-state index contributed by atoms with van der Waals surface area (Å²) in [4.78, 5) is 10.3. The summed E-state index contributed by atoms with van der Waals surface area (Å²) in [6.45, 7) is 6.42. The number of fused-ring (bicyclic) bond motifs is 1. The number of allylic oxidation sites excluding steroid dienone is 1. The Kier molecular flexibility index (Phi) is 15.2.